The summed E-state index contributed by atoms with van der Waals surface area (Å²) in [5, 5.41) is 12.4. The zero-order valence-corrected chi connectivity index (χ0v) is 43.9. The number of carbonyl (C=O) groups is 4. The maximum Gasteiger partial charge on any atom is 0.356 e. The van der Waals surface area contributed by atoms with Crippen LogP contribution in [-0.4, -0.2) is 67.6 Å². The summed E-state index contributed by atoms with van der Waals surface area (Å²) in [6, 6.07) is 66.5. The SMILES string of the molecule is O=C(CO/N=C(\C(=O)NC1C(=O)N2C(C(=O)OC(c3ccccc3)c3ccccc3)=C(CI)CSC12)c1csc(NC(c2ccccc2)(c2ccccc2)c2ccccc2)n1)OC(c1ccccc1)c1ccccc1. The lowest BCUT2D eigenvalue weighted by Crippen LogP contribution is -2.71. The fourth-order valence-electron chi connectivity index (χ4n) is 9.22. The van der Waals surface area contributed by atoms with Crippen molar-refractivity contribution in [3.63, 3.8) is 0 Å². The molecule has 12 nitrogen and oxygen atoms in total. The van der Waals surface area contributed by atoms with Crippen LogP contribution in [0.1, 0.15) is 56.8 Å². The Bertz CT molecular complexity index is 3140. The van der Waals surface area contributed by atoms with Gasteiger partial charge in [0.05, 0.1) is 0 Å². The predicted molar refractivity (Wildman–Crippen MR) is 300 cm³/mol. The number of hydrogen-bond donors (Lipinski definition) is 2. The van der Waals surface area contributed by atoms with Crippen molar-refractivity contribution in [1.29, 1.82) is 0 Å². The minimum Gasteiger partial charge on any atom is -0.450 e. The van der Waals surface area contributed by atoms with E-state index in [1.54, 1.807) is 5.38 Å². The van der Waals surface area contributed by atoms with Gasteiger partial charge in [-0.25, -0.2) is 14.6 Å². The molecule has 2 amide bonds. The normalized spacial score (nSPS) is 15.4. The minimum atomic E-state index is -1.06. The van der Waals surface area contributed by atoms with Crippen LogP contribution >= 0.6 is 45.7 Å². The molecule has 0 radical (unpaired) electrons. The number of halogens is 1. The summed E-state index contributed by atoms with van der Waals surface area (Å²) in [7, 11) is 0. The van der Waals surface area contributed by atoms with Crippen molar-refractivity contribution in [2.45, 2.75) is 29.2 Å². The maximum absolute atomic E-state index is 14.8. The first-order valence-corrected chi connectivity index (χ1v) is 27.5. The van der Waals surface area contributed by atoms with Crippen LogP contribution in [0, 0.1) is 0 Å². The van der Waals surface area contributed by atoms with E-state index in [1.165, 1.54) is 28.0 Å². The van der Waals surface area contributed by atoms with E-state index in [-0.39, 0.29) is 17.1 Å². The number of amides is 2. The number of aromatic nitrogens is 1. The van der Waals surface area contributed by atoms with Crippen molar-refractivity contribution in [3.8, 4) is 0 Å². The Morgan fingerprint density at radius 3 is 1.55 bits per heavy atom. The van der Waals surface area contributed by atoms with Crippen molar-refractivity contribution in [2.24, 2.45) is 5.16 Å². The molecule has 8 aromatic rings. The summed E-state index contributed by atoms with van der Waals surface area (Å²) in [5.74, 6) is -2.25. The van der Waals surface area contributed by atoms with Crippen LogP contribution < -0.4 is 10.6 Å². The monoisotopic (exact) mass is 1140 g/mol. The lowest BCUT2D eigenvalue weighted by Gasteiger charge is -2.49. The number of β-lactam (4-membered cyclic amide) rings is 1. The number of fused-ring (bicyclic) bond motifs is 1. The Labute approximate surface area is 456 Å². The fourth-order valence-corrected chi connectivity index (χ4v) is 12.3. The first-order chi connectivity index (χ1) is 36.8. The van der Waals surface area contributed by atoms with Gasteiger partial charge in [-0.3, -0.25) is 14.5 Å². The van der Waals surface area contributed by atoms with Gasteiger partial charge in [0.1, 0.15) is 28.3 Å². The summed E-state index contributed by atoms with van der Waals surface area (Å²) in [5.41, 5.74) is 5.66. The van der Waals surface area contributed by atoms with Crippen LogP contribution in [0.4, 0.5) is 5.13 Å². The van der Waals surface area contributed by atoms with E-state index in [9.17, 15) is 19.2 Å². The first kappa shape index (κ1) is 50.7. The highest BCUT2D eigenvalue weighted by Gasteiger charge is 2.55. The smallest absolute Gasteiger partial charge is 0.356 e. The third kappa shape index (κ3) is 11.0. The minimum absolute atomic E-state index is 0.118. The van der Waals surface area contributed by atoms with Gasteiger partial charge in [0.25, 0.3) is 11.8 Å². The molecule has 1 saturated heterocycles. The summed E-state index contributed by atoms with van der Waals surface area (Å²) in [4.78, 5) is 69.3. The summed E-state index contributed by atoms with van der Waals surface area (Å²) in [6.07, 6.45) is -1.48. The van der Waals surface area contributed by atoms with Gasteiger partial charge in [-0.2, -0.15) is 0 Å². The van der Waals surface area contributed by atoms with E-state index >= 15 is 0 Å². The van der Waals surface area contributed by atoms with E-state index in [1.807, 2.05) is 212 Å². The quantitative estimate of drug-likeness (QED) is 0.0152. The van der Waals surface area contributed by atoms with Crippen LogP contribution in [0.25, 0.3) is 0 Å². The van der Waals surface area contributed by atoms with E-state index in [4.69, 9.17) is 19.3 Å². The fraction of sp³-hybridized carbons (Fsp3) is 0.133. The van der Waals surface area contributed by atoms with Crippen LogP contribution in [0.15, 0.2) is 234 Å². The number of nitrogens with zero attached hydrogens (tertiary/aromatic N) is 3. The topological polar surface area (TPSA) is 149 Å². The van der Waals surface area contributed by atoms with Gasteiger partial charge < -0.3 is 24.9 Å². The molecule has 2 atom stereocenters. The van der Waals surface area contributed by atoms with E-state index in [2.05, 4.69) is 38.4 Å². The maximum atomic E-state index is 14.8. The van der Waals surface area contributed by atoms with Crippen molar-refractivity contribution in [1.82, 2.24) is 15.2 Å². The van der Waals surface area contributed by atoms with Gasteiger partial charge in [-0.1, -0.05) is 240 Å². The second-order valence-electron chi connectivity index (χ2n) is 17.5. The van der Waals surface area contributed by atoms with Crippen LogP contribution in [0.5, 0.6) is 0 Å². The largest absolute Gasteiger partial charge is 0.450 e. The van der Waals surface area contributed by atoms with Crippen molar-refractivity contribution < 1.29 is 33.5 Å². The molecular formula is C60H48IN5O7S2. The zero-order valence-electron chi connectivity index (χ0n) is 40.1. The zero-order chi connectivity index (χ0) is 51.6. The number of benzene rings is 7. The number of hydrogen-bond acceptors (Lipinski definition) is 12. The number of anilines is 1. The van der Waals surface area contributed by atoms with Crippen molar-refractivity contribution in [3.05, 3.63) is 274 Å². The molecule has 1 fully saturated rings. The van der Waals surface area contributed by atoms with E-state index < -0.39 is 59.5 Å². The number of alkyl halides is 1. The average molecular weight is 1140 g/mol. The van der Waals surface area contributed by atoms with Crippen LogP contribution in [-0.2, 0) is 39.0 Å². The molecule has 0 aliphatic carbocycles. The van der Waals surface area contributed by atoms with Crippen molar-refractivity contribution >= 4 is 80.3 Å². The highest BCUT2D eigenvalue weighted by atomic mass is 127. The highest BCUT2D eigenvalue weighted by Crippen LogP contribution is 2.43. The summed E-state index contributed by atoms with van der Waals surface area (Å²) >= 11 is 4.87. The number of thiazole rings is 1. The number of carbonyl (C=O) groups excluding carboxylic acids is 4. The Balaban J connectivity index is 0.943. The van der Waals surface area contributed by atoms with Gasteiger partial charge in [0, 0.05) is 15.6 Å². The highest BCUT2D eigenvalue weighted by molar-refractivity contribution is 14.1. The molecule has 75 heavy (non-hydrogen) atoms. The lowest BCUT2D eigenvalue weighted by atomic mass is 9.77. The van der Waals surface area contributed by atoms with E-state index in [0.717, 1.165) is 44.5 Å². The average Bonchev–Trinajstić information content (AvgIpc) is 3.95. The van der Waals surface area contributed by atoms with Crippen molar-refractivity contribution in [2.75, 3.05) is 22.1 Å². The number of rotatable bonds is 19. The molecule has 0 bridgehead atoms. The molecule has 2 unspecified atom stereocenters. The molecule has 374 valence electrons. The molecule has 0 saturated carbocycles. The first-order valence-electron chi connectivity index (χ1n) is 24.1. The molecule has 10 rings (SSSR count). The third-order valence-electron chi connectivity index (χ3n) is 12.8. The third-order valence-corrected chi connectivity index (χ3v) is 15.8. The second-order valence-corrected chi connectivity index (χ2v) is 20.2. The van der Waals surface area contributed by atoms with Gasteiger partial charge in [0.15, 0.2) is 23.1 Å². The standard InChI is InChI=1S/C60H48IN5O7S2/c61-36-44-38-74-57-51(56(69)66(57)52(44)58(70)73-54(42-26-12-3-13-27-42)43-28-14-4-15-29-43)63-55(68)50(65-71-37-49(67)72-53(40-22-8-1-9-23-40)41-24-10-2-11-25-41)48-39-75-59(62-48)64-60(45-30-16-5-17-31-45,46-32-18-6-19-33-46)47-34-20-7-21-35-47/h1-35,39,51,53-54,57H,36-38H2,(H,62,64)(H,63,68)/b65-50-. The number of esters is 2. The van der Waals surface area contributed by atoms with Crippen LogP contribution in [0.3, 0.4) is 0 Å². The summed E-state index contributed by atoms with van der Waals surface area (Å²) < 4.78 is 12.7. The molecule has 2 N–H and O–H groups in total. The van der Waals surface area contributed by atoms with Crippen LogP contribution in [0.2, 0.25) is 0 Å². The Hall–Kier alpha value is -7.86. The summed E-state index contributed by atoms with van der Waals surface area (Å²) in [6.45, 7) is -0.655. The molecule has 7 aromatic carbocycles. The molecule has 0 spiro atoms. The molecule has 3 heterocycles. The Morgan fingerprint density at radius 2 is 1.09 bits per heavy atom. The van der Waals surface area contributed by atoms with Gasteiger partial charge >= 0.3 is 11.9 Å². The number of oxime groups is 1. The molecule has 1 aromatic heterocycles. The number of thioether (sulfide) groups is 1. The molecule has 2 aliphatic rings. The predicted octanol–water partition coefficient (Wildman–Crippen LogP) is 11.0. The molecular weight excluding hydrogens is 1090 g/mol. The Kier molecular flexibility index (Phi) is 15.9. The van der Waals surface area contributed by atoms with Gasteiger partial charge in [0.2, 0.25) is 6.61 Å². The molecule has 15 heteroatoms. The van der Waals surface area contributed by atoms with Gasteiger partial charge in [-0.05, 0) is 44.5 Å². The van der Waals surface area contributed by atoms with Gasteiger partial charge in [-0.15, -0.1) is 23.1 Å². The Morgan fingerprint density at radius 1 is 0.653 bits per heavy atom. The van der Waals surface area contributed by atoms with E-state index in [0.29, 0.717) is 15.3 Å². The molecule has 2 aliphatic heterocycles. The lowest BCUT2D eigenvalue weighted by molar-refractivity contribution is -0.154. The second kappa shape index (κ2) is 23.6. The number of nitrogens with one attached hydrogen (secondary N) is 2. The number of ether oxygens (including phenoxy) is 2.